The minimum Gasteiger partial charge on any atom is -0.361 e. The quantitative estimate of drug-likeness (QED) is 0.856. The van der Waals surface area contributed by atoms with Crippen molar-refractivity contribution in [1.82, 2.24) is 9.88 Å². The molecule has 26 heavy (non-hydrogen) atoms. The van der Waals surface area contributed by atoms with Gasteiger partial charge in [-0.2, -0.15) is 0 Å². The lowest BCUT2D eigenvalue weighted by molar-refractivity contribution is 0.275. The van der Waals surface area contributed by atoms with Crippen LogP contribution < -0.4 is 4.72 Å². The van der Waals surface area contributed by atoms with Gasteiger partial charge < -0.3 is 4.98 Å². The number of rotatable bonds is 3. The van der Waals surface area contributed by atoms with Crippen LogP contribution in [0.1, 0.15) is 45.6 Å². The van der Waals surface area contributed by atoms with Crippen LogP contribution in [0.4, 0.5) is 5.69 Å². The first-order valence-corrected chi connectivity index (χ1v) is 10.8. The molecule has 1 fully saturated rings. The predicted octanol–water partition coefficient (Wildman–Crippen LogP) is 3.96. The molecule has 0 saturated carbocycles. The van der Waals surface area contributed by atoms with Crippen molar-refractivity contribution >= 4 is 32.2 Å². The maximum atomic E-state index is 12.5. The Hall–Kier alpha value is -1.79. The van der Waals surface area contributed by atoms with Crippen molar-refractivity contribution in [3.05, 3.63) is 36.0 Å². The zero-order valence-corrected chi connectivity index (χ0v) is 16.5. The Balaban J connectivity index is 1.67. The van der Waals surface area contributed by atoms with Crippen LogP contribution in [0, 0.1) is 0 Å². The average molecular weight is 374 g/mol. The molecule has 0 spiro atoms. The molecule has 140 valence electrons. The highest BCUT2D eigenvalue weighted by molar-refractivity contribution is 7.94. The van der Waals surface area contributed by atoms with Gasteiger partial charge in [0, 0.05) is 40.9 Å². The van der Waals surface area contributed by atoms with E-state index in [0.717, 1.165) is 23.9 Å². The van der Waals surface area contributed by atoms with Crippen molar-refractivity contribution in [3.63, 3.8) is 0 Å². The van der Waals surface area contributed by atoms with Crippen LogP contribution in [-0.4, -0.2) is 42.2 Å². The lowest BCUT2D eigenvalue weighted by Crippen LogP contribution is -2.33. The Bertz CT molecular complexity index is 967. The van der Waals surface area contributed by atoms with Crippen LogP contribution in [-0.2, 0) is 10.0 Å². The van der Waals surface area contributed by atoms with Crippen molar-refractivity contribution in [2.24, 2.45) is 0 Å². The summed E-state index contributed by atoms with van der Waals surface area (Å²) in [6.07, 6.45) is 8.03. The molecule has 2 aromatic rings. The van der Waals surface area contributed by atoms with Gasteiger partial charge >= 0.3 is 0 Å². The largest absolute Gasteiger partial charge is 0.361 e. The van der Waals surface area contributed by atoms with E-state index in [1.54, 1.807) is 20.8 Å². The molecule has 6 heteroatoms. The number of hydrogen-bond donors (Lipinski definition) is 2. The summed E-state index contributed by atoms with van der Waals surface area (Å²) in [6, 6.07) is 6.37. The summed E-state index contributed by atoms with van der Waals surface area (Å²) in [4.78, 5) is 5.89. The van der Waals surface area contributed by atoms with Crippen LogP contribution in [0.3, 0.4) is 0 Å². The molecule has 2 aliphatic heterocycles. The normalized spacial score (nSPS) is 21.7. The molecule has 0 aliphatic carbocycles. The molecule has 1 atom stereocenters. The van der Waals surface area contributed by atoms with Crippen molar-refractivity contribution in [3.8, 4) is 0 Å². The first-order chi connectivity index (χ1) is 12.2. The number of fused-ring (bicyclic) bond motifs is 2. The van der Waals surface area contributed by atoms with Gasteiger partial charge in [-0.3, -0.25) is 9.62 Å². The van der Waals surface area contributed by atoms with E-state index in [0.29, 0.717) is 11.7 Å². The van der Waals surface area contributed by atoms with Gasteiger partial charge in [-0.15, -0.1) is 0 Å². The monoisotopic (exact) mass is 373 g/mol. The zero-order chi connectivity index (χ0) is 18.5. The Labute approximate surface area is 155 Å². The fourth-order valence-corrected chi connectivity index (χ4v) is 4.65. The molecule has 1 saturated heterocycles. The van der Waals surface area contributed by atoms with E-state index in [4.69, 9.17) is 0 Å². The lowest BCUT2D eigenvalue weighted by atomic mass is 9.94. The molecule has 2 N–H and O–H groups in total. The van der Waals surface area contributed by atoms with E-state index in [9.17, 15) is 8.42 Å². The smallest absolute Gasteiger partial charge is 0.237 e. The van der Waals surface area contributed by atoms with Gasteiger partial charge in [-0.05, 0) is 70.4 Å². The van der Waals surface area contributed by atoms with Gasteiger partial charge in [0.05, 0.1) is 4.75 Å². The highest BCUT2D eigenvalue weighted by Crippen LogP contribution is 2.36. The summed E-state index contributed by atoms with van der Waals surface area (Å²) in [7, 11) is -3.43. The van der Waals surface area contributed by atoms with Gasteiger partial charge in [-0.25, -0.2) is 8.42 Å². The molecule has 1 unspecified atom stereocenters. The number of aromatic nitrogens is 1. The second-order valence-corrected chi connectivity index (χ2v) is 10.8. The van der Waals surface area contributed by atoms with Crippen molar-refractivity contribution < 1.29 is 8.42 Å². The fraction of sp³-hybridized carbons (Fsp3) is 0.500. The van der Waals surface area contributed by atoms with Crippen LogP contribution in [0.5, 0.6) is 0 Å². The average Bonchev–Trinajstić information content (AvgIpc) is 3.18. The minimum atomic E-state index is -3.43. The minimum absolute atomic E-state index is 0.618. The van der Waals surface area contributed by atoms with Crippen LogP contribution >= 0.6 is 0 Å². The molecule has 0 bridgehead atoms. The van der Waals surface area contributed by atoms with E-state index in [1.165, 1.54) is 30.5 Å². The van der Waals surface area contributed by atoms with E-state index in [1.807, 2.05) is 18.2 Å². The molecule has 3 heterocycles. The number of nitrogens with one attached hydrogen (secondary N) is 2. The number of benzene rings is 1. The summed E-state index contributed by atoms with van der Waals surface area (Å²) >= 11 is 0. The summed E-state index contributed by atoms with van der Waals surface area (Å²) in [5, 5.41) is 1.08. The standard InChI is InChI=1S/C20H27N3O2S/c1-20(2,3)26(24,25)22-15-6-7-19-17(12-15)18(13-21-19)14-8-10-23-9-4-5-16(23)11-14/h6-8,12-13,16,21-22H,4-5,9-11H2,1-3H3. The SMILES string of the molecule is CC(C)(C)S(=O)(=O)Nc1ccc2[nH]cc(C3=CCN4CCCC4C3)c2c1. The molecular formula is C20H27N3O2S. The number of hydrogen-bond acceptors (Lipinski definition) is 3. The van der Waals surface area contributed by atoms with Gasteiger partial charge in [0.15, 0.2) is 0 Å². The Morgan fingerprint density at radius 1 is 1.27 bits per heavy atom. The van der Waals surface area contributed by atoms with Crippen LogP contribution in [0.15, 0.2) is 30.5 Å². The molecule has 4 rings (SSSR count). The van der Waals surface area contributed by atoms with Crippen molar-refractivity contribution in [2.45, 2.75) is 50.8 Å². The van der Waals surface area contributed by atoms with Crippen molar-refractivity contribution in [2.75, 3.05) is 17.8 Å². The van der Waals surface area contributed by atoms with Gasteiger partial charge in [0.1, 0.15) is 0 Å². The molecule has 1 aromatic heterocycles. The number of sulfonamides is 1. The Morgan fingerprint density at radius 3 is 2.85 bits per heavy atom. The summed E-state index contributed by atoms with van der Waals surface area (Å²) in [5.74, 6) is 0. The number of aromatic amines is 1. The molecule has 1 aromatic carbocycles. The fourth-order valence-electron chi connectivity index (χ4n) is 3.91. The summed E-state index contributed by atoms with van der Waals surface area (Å²) in [6.45, 7) is 7.34. The third-order valence-electron chi connectivity index (χ3n) is 5.61. The van der Waals surface area contributed by atoms with E-state index >= 15 is 0 Å². The van der Waals surface area contributed by atoms with E-state index in [2.05, 4.69) is 26.9 Å². The Morgan fingerprint density at radius 2 is 2.08 bits per heavy atom. The molecule has 0 amide bonds. The molecular weight excluding hydrogens is 346 g/mol. The third kappa shape index (κ3) is 3.05. The van der Waals surface area contributed by atoms with Gasteiger partial charge in [-0.1, -0.05) is 6.08 Å². The van der Waals surface area contributed by atoms with Gasteiger partial charge in [0.25, 0.3) is 0 Å². The van der Waals surface area contributed by atoms with Gasteiger partial charge in [0.2, 0.25) is 10.0 Å². The first-order valence-electron chi connectivity index (χ1n) is 9.31. The highest BCUT2D eigenvalue weighted by atomic mass is 32.2. The predicted molar refractivity (Wildman–Crippen MR) is 108 cm³/mol. The second kappa shape index (κ2) is 6.13. The molecule has 5 nitrogen and oxygen atoms in total. The third-order valence-corrected chi connectivity index (χ3v) is 7.73. The van der Waals surface area contributed by atoms with Crippen molar-refractivity contribution in [1.29, 1.82) is 0 Å². The van der Waals surface area contributed by atoms with E-state index in [-0.39, 0.29) is 0 Å². The first kappa shape index (κ1) is 17.6. The summed E-state index contributed by atoms with van der Waals surface area (Å²) < 4.78 is 26.8. The number of nitrogens with zero attached hydrogens (tertiary/aromatic N) is 1. The maximum absolute atomic E-state index is 12.5. The summed E-state index contributed by atoms with van der Waals surface area (Å²) in [5.41, 5.74) is 4.22. The topological polar surface area (TPSA) is 65.2 Å². The van der Waals surface area contributed by atoms with Crippen LogP contribution in [0.25, 0.3) is 16.5 Å². The number of anilines is 1. The maximum Gasteiger partial charge on any atom is 0.237 e. The lowest BCUT2D eigenvalue weighted by Gasteiger charge is -2.29. The molecule has 2 aliphatic rings. The number of H-pyrrole nitrogens is 1. The van der Waals surface area contributed by atoms with Crippen LogP contribution in [0.2, 0.25) is 0 Å². The van der Waals surface area contributed by atoms with E-state index < -0.39 is 14.8 Å². The second-order valence-electron chi connectivity index (χ2n) is 8.41. The Kier molecular flexibility index (Phi) is 4.15. The molecule has 0 radical (unpaired) electrons. The highest BCUT2D eigenvalue weighted by Gasteiger charge is 2.30. The zero-order valence-electron chi connectivity index (χ0n) is 15.7.